The first kappa shape index (κ1) is 18.3. The number of carbonyl (C=O) groups excluding carboxylic acids is 2. The lowest BCUT2D eigenvalue weighted by Crippen LogP contribution is -2.29. The van der Waals surface area contributed by atoms with Gasteiger partial charge in [-0.05, 0) is 36.4 Å². The number of hydrogen-bond acceptors (Lipinski definition) is 4. The maximum absolute atomic E-state index is 13.1. The van der Waals surface area contributed by atoms with Gasteiger partial charge in [0.15, 0.2) is 5.76 Å². The van der Waals surface area contributed by atoms with Gasteiger partial charge in [-0.3, -0.25) is 9.59 Å². The van der Waals surface area contributed by atoms with Crippen molar-refractivity contribution in [1.29, 1.82) is 0 Å². The van der Waals surface area contributed by atoms with Gasteiger partial charge in [-0.1, -0.05) is 12.1 Å². The minimum absolute atomic E-state index is 0.153. The van der Waals surface area contributed by atoms with Gasteiger partial charge in [-0.25, -0.2) is 9.37 Å². The molecule has 0 spiro atoms. The number of nitrogens with one attached hydrogen (secondary N) is 2. The van der Waals surface area contributed by atoms with Crippen LogP contribution in [0.2, 0.25) is 0 Å². The number of rotatable bonds is 6. The number of hydrogen-bond donors (Lipinski definition) is 2. The molecule has 0 saturated heterocycles. The van der Waals surface area contributed by atoms with Crippen molar-refractivity contribution in [2.24, 2.45) is 0 Å². The van der Waals surface area contributed by atoms with Crippen LogP contribution in [0.1, 0.15) is 16.8 Å². The fraction of sp³-hybridized carbons (Fsp3) is 0.150. The normalized spacial score (nSPS) is 10.4. The predicted octanol–water partition coefficient (Wildman–Crippen LogP) is 3.01. The highest BCUT2D eigenvalue weighted by atomic mass is 19.1. The number of benzene rings is 2. The summed E-state index contributed by atoms with van der Waals surface area (Å²) in [7, 11) is 1.54. The van der Waals surface area contributed by atoms with Crippen molar-refractivity contribution < 1.29 is 18.4 Å². The van der Waals surface area contributed by atoms with Gasteiger partial charge in [-0.2, -0.15) is 0 Å². The summed E-state index contributed by atoms with van der Waals surface area (Å²) in [5.74, 6) is -0.0558. The molecule has 7 heteroatoms. The molecule has 2 aromatic carbocycles. The zero-order valence-electron chi connectivity index (χ0n) is 14.7. The Morgan fingerprint density at radius 2 is 1.85 bits per heavy atom. The van der Waals surface area contributed by atoms with E-state index in [0.29, 0.717) is 22.5 Å². The van der Waals surface area contributed by atoms with Crippen molar-refractivity contribution in [3.63, 3.8) is 0 Å². The van der Waals surface area contributed by atoms with Crippen molar-refractivity contribution in [1.82, 2.24) is 15.6 Å². The Hall–Kier alpha value is -3.48. The largest absolute Gasteiger partial charge is 0.436 e. The van der Waals surface area contributed by atoms with E-state index in [1.807, 2.05) is 0 Å². The number of aromatic nitrogens is 1. The van der Waals surface area contributed by atoms with Crippen LogP contribution in [0.3, 0.4) is 0 Å². The zero-order chi connectivity index (χ0) is 19.2. The molecule has 0 aliphatic rings. The predicted molar refractivity (Wildman–Crippen MR) is 98.3 cm³/mol. The molecule has 1 aromatic heterocycles. The van der Waals surface area contributed by atoms with Crippen molar-refractivity contribution in [2.75, 3.05) is 13.6 Å². The molecule has 138 valence electrons. The fourth-order valence-electron chi connectivity index (χ4n) is 2.52. The van der Waals surface area contributed by atoms with Gasteiger partial charge in [0, 0.05) is 31.1 Å². The van der Waals surface area contributed by atoms with Crippen LogP contribution in [0.15, 0.2) is 59.1 Å². The molecule has 3 aromatic rings. The topological polar surface area (TPSA) is 84.2 Å². The van der Waals surface area contributed by atoms with Crippen LogP contribution in [0, 0.1) is 5.82 Å². The Labute approximate surface area is 155 Å². The molecule has 0 saturated carbocycles. The average molecular weight is 367 g/mol. The SMILES string of the molecule is CNC(=O)CCNC(=O)c1ccccc1-c1ncc(-c2ccc(F)cc2)o1. The first-order valence-corrected chi connectivity index (χ1v) is 8.38. The van der Waals surface area contributed by atoms with Crippen LogP contribution in [-0.4, -0.2) is 30.4 Å². The van der Waals surface area contributed by atoms with E-state index in [1.54, 1.807) is 43.4 Å². The second-order valence-corrected chi connectivity index (χ2v) is 5.76. The van der Waals surface area contributed by atoms with Crippen molar-refractivity contribution in [3.8, 4) is 22.8 Å². The fourth-order valence-corrected chi connectivity index (χ4v) is 2.52. The molecule has 0 unspecified atom stereocenters. The number of amides is 2. The average Bonchev–Trinajstić information content (AvgIpc) is 3.18. The summed E-state index contributed by atoms with van der Waals surface area (Å²) >= 11 is 0. The third kappa shape index (κ3) is 4.38. The molecular weight excluding hydrogens is 349 g/mol. The monoisotopic (exact) mass is 367 g/mol. The van der Waals surface area contributed by atoms with Crippen LogP contribution < -0.4 is 10.6 Å². The lowest BCUT2D eigenvalue weighted by molar-refractivity contribution is -0.120. The first-order chi connectivity index (χ1) is 13.1. The standard InChI is InChI=1S/C20H18FN3O3/c1-22-18(25)10-11-23-19(26)15-4-2-3-5-16(15)20-24-12-17(27-20)13-6-8-14(21)9-7-13/h2-9,12H,10-11H2,1H3,(H,22,25)(H,23,26). The highest BCUT2D eigenvalue weighted by molar-refractivity contribution is 6.00. The Morgan fingerprint density at radius 1 is 1.11 bits per heavy atom. The summed E-state index contributed by atoms with van der Waals surface area (Å²) in [6, 6.07) is 12.8. The van der Waals surface area contributed by atoms with Crippen molar-refractivity contribution >= 4 is 11.8 Å². The van der Waals surface area contributed by atoms with Crippen LogP contribution in [0.25, 0.3) is 22.8 Å². The Balaban J connectivity index is 1.81. The minimum Gasteiger partial charge on any atom is -0.436 e. The van der Waals surface area contributed by atoms with Gasteiger partial charge in [0.25, 0.3) is 5.91 Å². The minimum atomic E-state index is -0.336. The number of carbonyl (C=O) groups is 2. The summed E-state index contributed by atoms with van der Waals surface area (Å²) in [5, 5.41) is 5.21. The maximum atomic E-state index is 13.1. The van der Waals surface area contributed by atoms with Gasteiger partial charge >= 0.3 is 0 Å². The zero-order valence-corrected chi connectivity index (χ0v) is 14.7. The van der Waals surface area contributed by atoms with E-state index in [0.717, 1.165) is 0 Å². The molecule has 0 aliphatic carbocycles. The van der Waals surface area contributed by atoms with E-state index in [1.165, 1.54) is 18.3 Å². The van der Waals surface area contributed by atoms with E-state index >= 15 is 0 Å². The van der Waals surface area contributed by atoms with E-state index in [2.05, 4.69) is 15.6 Å². The highest BCUT2D eigenvalue weighted by Crippen LogP contribution is 2.28. The summed E-state index contributed by atoms with van der Waals surface area (Å²) in [6.45, 7) is 0.221. The van der Waals surface area contributed by atoms with E-state index in [4.69, 9.17) is 4.42 Å². The molecule has 2 N–H and O–H groups in total. The van der Waals surface area contributed by atoms with Crippen LogP contribution in [0.5, 0.6) is 0 Å². The molecule has 3 rings (SSSR count). The lowest BCUT2D eigenvalue weighted by Gasteiger charge is -2.08. The number of nitrogens with zero attached hydrogens (tertiary/aromatic N) is 1. The van der Waals surface area contributed by atoms with Gasteiger partial charge < -0.3 is 15.1 Å². The molecule has 0 aliphatic heterocycles. The molecule has 0 fully saturated rings. The smallest absolute Gasteiger partial charge is 0.252 e. The third-order valence-corrected chi connectivity index (χ3v) is 3.95. The molecule has 27 heavy (non-hydrogen) atoms. The number of oxazole rings is 1. The van der Waals surface area contributed by atoms with Crippen LogP contribution in [-0.2, 0) is 4.79 Å². The van der Waals surface area contributed by atoms with Gasteiger partial charge in [0.1, 0.15) is 5.82 Å². The first-order valence-electron chi connectivity index (χ1n) is 8.38. The molecule has 0 atom stereocenters. The third-order valence-electron chi connectivity index (χ3n) is 3.95. The lowest BCUT2D eigenvalue weighted by atomic mass is 10.1. The summed E-state index contributed by atoms with van der Waals surface area (Å²) in [5.41, 5.74) is 1.60. The quantitative estimate of drug-likeness (QED) is 0.701. The summed E-state index contributed by atoms with van der Waals surface area (Å²) < 4.78 is 18.8. The van der Waals surface area contributed by atoms with E-state index < -0.39 is 0 Å². The molecule has 2 amide bonds. The molecule has 0 bridgehead atoms. The Kier molecular flexibility index (Phi) is 5.61. The molecule has 6 nitrogen and oxygen atoms in total. The van der Waals surface area contributed by atoms with E-state index in [9.17, 15) is 14.0 Å². The van der Waals surface area contributed by atoms with Crippen LogP contribution in [0.4, 0.5) is 4.39 Å². The molecule has 0 radical (unpaired) electrons. The van der Waals surface area contributed by atoms with E-state index in [-0.39, 0.29) is 36.5 Å². The Bertz CT molecular complexity index is 951. The second kappa shape index (κ2) is 8.27. The van der Waals surface area contributed by atoms with Crippen molar-refractivity contribution in [2.45, 2.75) is 6.42 Å². The van der Waals surface area contributed by atoms with Gasteiger partial charge in [-0.15, -0.1) is 0 Å². The maximum Gasteiger partial charge on any atom is 0.252 e. The molecular formula is C20H18FN3O3. The summed E-state index contributed by atoms with van der Waals surface area (Å²) in [4.78, 5) is 28.0. The van der Waals surface area contributed by atoms with Crippen LogP contribution >= 0.6 is 0 Å². The van der Waals surface area contributed by atoms with Gasteiger partial charge in [0.2, 0.25) is 11.8 Å². The summed E-state index contributed by atoms with van der Waals surface area (Å²) in [6.07, 6.45) is 1.72. The number of halogens is 1. The van der Waals surface area contributed by atoms with Crippen molar-refractivity contribution in [3.05, 3.63) is 66.1 Å². The van der Waals surface area contributed by atoms with Gasteiger partial charge in [0.05, 0.1) is 11.8 Å². The molecule has 1 heterocycles. The Morgan fingerprint density at radius 3 is 2.59 bits per heavy atom. The highest BCUT2D eigenvalue weighted by Gasteiger charge is 2.17. The second-order valence-electron chi connectivity index (χ2n) is 5.76.